The van der Waals surface area contributed by atoms with E-state index in [4.69, 9.17) is 9.84 Å². The fraction of sp³-hybridized carbons (Fsp3) is 0.143. The summed E-state index contributed by atoms with van der Waals surface area (Å²) < 4.78 is 18.7. The van der Waals surface area contributed by atoms with Crippen LogP contribution in [0.25, 0.3) is 0 Å². The summed E-state index contributed by atoms with van der Waals surface area (Å²) in [5, 5.41) is 19.9. The number of hydrogen-bond donors (Lipinski definition) is 1. The molecule has 0 amide bonds. The Morgan fingerprint density at radius 1 is 1.30 bits per heavy atom. The van der Waals surface area contributed by atoms with Gasteiger partial charge in [-0.1, -0.05) is 6.07 Å². The zero-order valence-corrected chi connectivity index (χ0v) is 10.7. The van der Waals surface area contributed by atoms with Crippen LogP contribution in [0.5, 0.6) is 11.5 Å². The summed E-state index contributed by atoms with van der Waals surface area (Å²) in [4.78, 5) is 10.4. The smallest absolute Gasteiger partial charge is 0.311 e. The van der Waals surface area contributed by atoms with E-state index < -0.39 is 10.7 Å². The quantitative estimate of drug-likeness (QED) is 0.687. The summed E-state index contributed by atoms with van der Waals surface area (Å²) >= 11 is 0. The average Bonchev–Trinajstić information content (AvgIpc) is 2.37. The molecule has 0 fully saturated rings. The maximum atomic E-state index is 13.3. The number of nitrogens with zero attached hydrogens (tertiary/aromatic N) is 1. The van der Waals surface area contributed by atoms with Crippen LogP contribution in [0.4, 0.5) is 10.1 Å². The Labute approximate surface area is 114 Å². The first-order valence-electron chi connectivity index (χ1n) is 5.83. The van der Waals surface area contributed by atoms with Crippen LogP contribution in [-0.4, -0.2) is 10.0 Å². The highest BCUT2D eigenvalue weighted by atomic mass is 19.1. The van der Waals surface area contributed by atoms with Crippen molar-refractivity contribution < 1.29 is 19.2 Å². The van der Waals surface area contributed by atoms with E-state index in [0.29, 0.717) is 5.56 Å². The number of aliphatic hydroxyl groups is 1. The van der Waals surface area contributed by atoms with E-state index in [2.05, 4.69) is 0 Å². The van der Waals surface area contributed by atoms with Crippen LogP contribution in [-0.2, 0) is 6.61 Å². The molecular formula is C14H12FNO4. The van der Waals surface area contributed by atoms with Crippen molar-refractivity contribution in [2.24, 2.45) is 0 Å². The van der Waals surface area contributed by atoms with Gasteiger partial charge in [-0.25, -0.2) is 4.39 Å². The molecule has 2 aromatic rings. The molecular weight excluding hydrogens is 265 g/mol. The number of ether oxygens (including phenoxy) is 1. The van der Waals surface area contributed by atoms with Gasteiger partial charge >= 0.3 is 5.69 Å². The first-order chi connectivity index (χ1) is 9.49. The van der Waals surface area contributed by atoms with Gasteiger partial charge in [-0.2, -0.15) is 0 Å². The van der Waals surface area contributed by atoms with Crippen LogP contribution < -0.4 is 4.74 Å². The fourth-order valence-corrected chi connectivity index (χ4v) is 1.75. The topological polar surface area (TPSA) is 72.6 Å². The molecule has 0 spiro atoms. The van der Waals surface area contributed by atoms with E-state index >= 15 is 0 Å². The molecule has 0 saturated heterocycles. The summed E-state index contributed by atoms with van der Waals surface area (Å²) in [7, 11) is 0. The molecule has 0 aliphatic heterocycles. The molecule has 20 heavy (non-hydrogen) atoms. The van der Waals surface area contributed by atoms with E-state index in [9.17, 15) is 14.5 Å². The van der Waals surface area contributed by atoms with Crippen molar-refractivity contribution >= 4 is 5.69 Å². The lowest BCUT2D eigenvalue weighted by Gasteiger charge is -2.08. The van der Waals surface area contributed by atoms with Crippen LogP contribution in [0, 0.1) is 22.9 Å². The molecule has 0 aromatic heterocycles. The number of halogens is 1. The second kappa shape index (κ2) is 5.66. The van der Waals surface area contributed by atoms with Gasteiger partial charge in [0, 0.05) is 12.1 Å². The van der Waals surface area contributed by atoms with E-state index in [0.717, 1.165) is 17.7 Å². The molecule has 0 bridgehead atoms. The van der Waals surface area contributed by atoms with Gasteiger partial charge in [-0.05, 0) is 36.2 Å². The summed E-state index contributed by atoms with van der Waals surface area (Å²) in [5.41, 5.74) is 0.908. The van der Waals surface area contributed by atoms with Crippen molar-refractivity contribution in [1.82, 2.24) is 0 Å². The molecule has 0 radical (unpaired) electrons. The van der Waals surface area contributed by atoms with Crippen molar-refractivity contribution in [3.63, 3.8) is 0 Å². The Morgan fingerprint density at radius 2 is 2.05 bits per heavy atom. The summed E-state index contributed by atoms with van der Waals surface area (Å²) in [5.74, 6) is -0.450. The molecule has 0 aliphatic carbocycles. The van der Waals surface area contributed by atoms with Gasteiger partial charge in [0.1, 0.15) is 11.6 Å². The predicted molar refractivity (Wildman–Crippen MR) is 70.2 cm³/mol. The Hall–Kier alpha value is -2.47. The molecule has 2 aromatic carbocycles. The third-order valence-electron chi connectivity index (χ3n) is 2.65. The van der Waals surface area contributed by atoms with Gasteiger partial charge < -0.3 is 9.84 Å². The molecule has 0 unspecified atom stereocenters. The zero-order valence-electron chi connectivity index (χ0n) is 10.7. The second-order valence-electron chi connectivity index (χ2n) is 4.28. The first-order valence-corrected chi connectivity index (χ1v) is 5.83. The summed E-state index contributed by atoms with van der Waals surface area (Å²) in [6, 6.07) is 8.12. The maximum Gasteiger partial charge on any atom is 0.311 e. The monoisotopic (exact) mass is 277 g/mol. The van der Waals surface area contributed by atoms with Gasteiger partial charge in [0.2, 0.25) is 5.75 Å². The molecule has 5 nitrogen and oxygen atoms in total. The Morgan fingerprint density at radius 3 is 2.70 bits per heavy atom. The van der Waals surface area contributed by atoms with Crippen LogP contribution in [0.15, 0.2) is 36.4 Å². The van der Waals surface area contributed by atoms with Gasteiger partial charge in [0.25, 0.3) is 0 Å². The summed E-state index contributed by atoms with van der Waals surface area (Å²) in [6.07, 6.45) is 0. The van der Waals surface area contributed by atoms with Crippen LogP contribution in [0.2, 0.25) is 0 Å². The van der Waals surface area contributed by atoms with Gasteiger partial charge in [-0.3, -0.25) is 10.1 Å². The molecule has 0 heterocycles. The van der Waals surface area contributed by atoms with Crippen molar-refractivity contribution in [2.45, 2.75) is 13.5 Å². The number of hydrogen-bond acceptors (Lipinski definition) is 4. The van der Waals surface area contributed by atoms with Crippen LogP contribution in [0.1, 0.15) is 11.1 Å². The fourth-order valence-electron chi connectivity index (χ4n) is 1.75. The zero-order chi connectivity index (χ0) is 14.7. The Bertz CT molecular complexity index is 658. The second-order valence-corrected chi connectivity index (χ2v) is 4.28. The number of aryl methyl sites for hydroxylation is 1. The molecule has 1 N–H and O–H groups in total. The first kappa shape index (κ1) is 14.0. The van der Waals surface area contributed by atoms with Gasteiger partial charge in [0.15, 0.2) is 0 Å². The molecule has 0 saturated carbocycles. The number of rotatable bonds is 4. The highest BCUT2D eigenvalue weighted by molar-refractivity contribution is 5.50. The minimum absolute atomic E-state index is 0.0319. The lowest BCUT2D eigenvalue weighted by Crippen LogP contribution is -1.95. The standard InChI is InChI=1S/C14H12FNO4/c1-9-2-3-13(16(18)19)14(4-9)20-12-6-10(8-17)5-11(15)7-12/h2-7,17H,8H2,1H3. The lowest BCUT2D eigenvalue weighted by molar-refractivity contribution is -0.385. The highest BCUT2D eigenvalue weighted by Gasteiger charge is 2.16. The normalized spacial score (nSPS) is 10.3. The van der Waals surface area contributed by atoms with Crippen molar-refractivity contribution in [1.29, 1.82) is 0 Å². The van der Waals surface area contributed by atoms with Crippen molar-refractivity contribution in [3.05, 3.63) is 63.5 Å². The number of nitro groups is 1. The third kappa shape index (κ3) is 3.10. The van der Waals surface area contributed by atoms with Gasteiger partial charge in [0.05, 0.1) is 11.5 Å². The van der Waals surface area contributed by atoms with E-state index in [1.807, 2.05) is 0 Å². The predicted octanol–water partition coefficient (Wildman–Crippen LogP) is 3.33. The molecule has 0 atom stereocenters. The molecule has 2 rings (SSSR count). The molecule has 104 valence electrons. The van der Waals surface area contributed by atoms with E-state index in [1.54, 1.807) is 13.0 Å². The SMILES string of the molecule is Cc1ccc([N+](=O)[O-])c(Oc2cc(F)cc(CO)c2)c1. The van der Waals surface area contributed by atoms with Gasteiger partial charge in [-0.15, -0.1) is 0 Å². The third-order valence-corrected chi connectivity index (χ3v) is 2.65. The average molecular weight is 277 g/mol. The van der Waals surface area contributed by atoms with E-state index in [1.165, 1.54) is 18.2 Å². The largest absolute Gasteiger partial charge is 0.450 e. The number of aliphatic hydroxyl groups excluding tert-OH is 1. The maximum absolute atomic E-state index is 13.3. The molecule has 6 heteroatoms. The van der Waals surface area contributed by atoms with E-state index in [-0.39, 0.29) is 23.8 Å². The van der Waals surface area contributed by atoms with Crippen LogP contribution in [0.3, 0.4) is 0 Å². The Kier molecular flexibility index (Phi) is 3.95. The minimum Gasteiger partial charge on any atom is -0.450 e. The highest BCUT2D eigenvalue weighted by Crippen LogP contribution is 2.32. The lowest BCUT2D eigenvalue weighted by atomic mass is 10.2. The number of nitro benzene ring substituents is 1. The van der Waals surface area contributed by atoms with Crippen molar-refractivity contribution in [2.75, 3.05) is 0 Å². The van der Waals surface area contributed by atoms with Crippen LogP contribution >= 0.6 is 0 Å². The number of benzene rings is 2. The Balaban J connectivity index is 2.41. The summed E-state index contributed by atoms with van der Waals surface area (Å²) in [6.45, 7) is 1.42. The minimum atomic E-state index is -0.582. The van der Waals surface area contributed by atoms with Crippen molar-refractivity contribution in [3.8, 4) is 11.5 Å². The molecule has 0 aliphatic rings.